The molecule has 0 radical (unpaired) electrons. The highest BCUT2D eigenvalue weighted by Crippen LogP contribution is 2.33. The van der Waals surface area contributed by atoms with Crippen LogP contribution in [-0.4, -0.2) is 4.98 Å². The molecule has 7 heteroatoms. The van der Waals surface area contributed by atoms with Crippen molar-refractivity contribution in [2.24, 2.45) is 0 Å². The zero-order valence-electron chi connectivity index (χ0n) is 8.08. The van der Waals surface area contributed by atoms with Crippen LogP contribution in [0, 0.1) is 0 Å². The second-order valence-electron chi connectivity index (χ2n) is 3.09. The summed E-state index contributed by atoms with van der Waals surface area (Å²) in [6, 6.07) is 1.24. The van der Waals surface area contributed by atoms with Gasteiger partial charge >= 0.3 is 12.4 Å². The molecule has 1 nitrogen and oxygen atoms in total. The average Bonchev–Trinajstić information content (AvgIpc) is 2.14. The topological polar surface area (TPSA) is 12.9 Å². The van der Waals surface area contributed by atoms with Gasteiger partial charge in [-0.1, -0.05) is 6.92 Å². The Labute approximate surface area is 87.1 Å². The van der Waals surface area contributed by atoms with Gasteiger partial charge in [-0.25, -0.2) is 4.98 Å². The molecule has 0 aromatic carbocycles. The third-order valence-electron chi connectivity index (χ3n) is 1.87. The Balaban J connectivity index is 3.33. The van der Waals surface area contributed by atoms with Crippen molar-refractivity contribution in [1.29, 1.82) is 0 Å². The summed E-state index contributed by atoms with van der Waals surface area (Å²) < 4.78 is 73.5. The van der Waals surface area contributed by atoms with Crippen molar-refractivity contribution in [3.8, 4) is 0 Å². The number of alkyl halides is 6. The maximum atomic E-state index is 12.2. The molecular formula is C9H7F6N. The maximum absolute atomic E-state index is 12.2. The van der Waals surface area contributed by atoms with E-state index in [-0.39, 0.29) is 12.0 Å². The molecule has 90 valence electrons. The molecule has 0 bridgehead atoms. The van der Waals surface area contributed by atoms with E-state index in [0.29, 0.717) is 12.1 Å². The average molecular weight is 243 g/mol. The van der Waals surface area contributed by atoms with E-state index >= 15 is 0 Å². The molecule has 0 aliphatic carbocycles. The lowest BCUT2D eigenvalue weighted by molar-refractivity contribution is -0.150. The van der Waals surface area contributed by atoms with Crippen molar-refractivity contribution in [3.63, 3.8) is 0 Å². The summed E-state index contributed by atoms with van der Waals surface area (Å²) in [6.07, 6.45) is -9.66. The summed E-state index contributed by atoms with van der Waals surface area (Å²) in [5.41, 5.74) is -3.08. The molecule has 0 atom stereocenters. The van der Waals surface area contributed by atoms with Gasteiger partial charge in [-0.05, 0) is 24.1 Å². The van der Waals surface area contributed by atoms with Gasteiger partial charge in [0.05, 0.1) is 0 Å². The summed E-state index contributed by atoms with van der Waals surface area (Å²) >= 11 is 0. The maximum Gasteiger partial charge on any atom is 0.433 e. The largest absolute Gasteiger partial charge is 0.433 e. The molecule has 1 aromatic heterocycles. The summed E-state index contributed by atoms with van der Waals surface area (Å²) in [4.78, 5) is 2.57. The van der Waals surface area contributed by atoms with Crippen LogP contribution in [0.2, 0.25) is 0 Å². The van der Waals surface area contributed by atoms with Crippen molar-refractivity contribution in [3.05, 3.63) is 29.1 Å². The number of nitrogens with zero attached hydrogens (tertiary/aromatic N) is 1. The molecule has 0 saturated heterocycles. The minimum absolute atomic E-state index is 0.0466. The lowest BCUT2D eigenvalue weighted by Crippen LogP contribution is -2.15. The molecular weight excluding hydrogens is 236 g/mol. The van der Waals surface area contributed by atoms with E-state index in [0.717, 1.165) is 0 Å². The molecule has 0 amide bonds. The highest BCUT2D eigenvalue weighted by atomic mass is 19.4. The van der Waals surface area contributed by atoms with E-state index in [1.165, 1.54) is 6.92 Å². The van der Waals surface area contributed by atoms with Crippen LogP contribution in [0.3, 0.4) is 0 Å². The van der Waals surface area contributed by atoms with Gasteiger partial charge in [-0.3, -0.25) is 0 Å². The zero-order valence-corrected chi connectivity index (χ0v) is 8.08. The molecule has 16 heavy (non-hydrogen) atoms. The minimum Gasteiger partial charge on any atom is -0.239 e. The molecule has 1 aromatic rings. The van der Waals surface area contributed by atoms with E-state index < -0.39 is 23.7 Å². The first-order valence-corrected chi connectivity index (χ1v) is 4.30. The van der Waals surface area contributed by atoms with Crippen molar-refractivity contribution < 1.29 is 26.3 Å². The van der Waals surface area contributed by atoms with Crippen LogP contribution in [0.5, 0.6) is 0 Å². The number of pyridine rings is 1. The fourth-order valence-electron chi connectivity index (χ4n) is 1.08. The van der Waals surface area contributed by atoms with Crippen molar-refractivity contribution in [2.45, 2.75) is 25.7 Å². The lowest BCUT2D eigenvalue weighted by atomic mass is 10.1. The second kappa shape index (κ2) is 3.95. The standard InChI is InChI=1S/C9H7F6N/c1-2-5-3-6(8(10,11)12)16-7(4-5)9(13,14)15/h3-4H,2H2,1H3. The van der Waals surface area contributed by atoms with Crippen molar-refractivity contribution >= 4 is 0 Å². The van der Waals surface area contributed by atoms with Crippen LogP contribution in [-0.2, 0) is 18.8 Å². The molecule has 1 heterocycles. The third-order valence-corrected chi connectivity index (χ3v) is 1.87. The third kappa shape index (κ3) is 2.86. The van der Waals surface area contributed by atoms with Gasteiger partial charge in [0.15, 0.2) is 0 Å². The van der Waals surface area contributed by atoms with Gasteiger partial charge in [0.1, 0.15) is 11.4 Å². The van der Waals surface area contributed by atoms with Crippen LogP contribution < -0.4 is 0 Å². The zero-order chi connectivity index (χ0) is 12.6. The number of halogens is 6. The second-order valence-corrected chi connectivity index (χ2v) is 3.09. The van der Waals surface area contributed by atoms with E-state index in [1.807, 2.05) is 0 Å². The number of hydrogen-bond acceptors (Lipinski definition) is 1. The number of aryl methyl sites for hydroxylation is 1. The fourth-order valence-corrected chi connectivity index (χ4v) is 1.08. The van der Waals surface area contributed by atoms with Gasteiger partial charge in [-0.2, -0.15) is 26.3 Å². The predicted octanol–water partition coefficient (Wildman–Crippen LogP) is 3.68. The van der Waals surface area contributed by atoms with Crippen molar-refractivity contribution in [1.82, 2.24) is 4.98 Å². The summed E-state index contributed by atoms with van der Waals surface area (Å²) in [5.74, 6) is 0. The Hall–Kier alpha value is -1.27. The quantitative estimate of drug-likeness (QED) is 0.685. The van der Waals surface area contributed by atoms with Gasteiger partial charge < -0.3 is 0 Å². The van der Waals surface area contributed by atoms with Crippen LogP contribution in [0.1, 0.15) is 23.9 Å². The van der Waals surface area contributed by atoms with Crippen LogP contribution in [0.4, 0.5) is 26.3 Å². The Morgan fingerprint density at radius 1 is 0.938 bits per heavy atom. The number of hydrogen-bond donors (Lipinski definition) is 0. The normalized spacial score (nSPS) is 12.9. The molecule has 0 N–H and O–H groups in total. The number of rotatable bonds is 1. The molecule has 1 rings (SSSR count). The number of aromatic nitrogens is 1. The first-order chi connectivity index (χ1) is 7.14. The highest BCUT2D eigenvalue weighted by molar-refractivity contribution is 5.24. The van der Waals surface area contributed by atoms with Gasteiger partial charge in [0.25, 0.3) is 0 Å². The molecule has 0 fully saturated rings. The van der Waals surface area contributed by atoms with Crippen LogP contribution in [0.15, 0.2) is 12.1 Å². The van der Waals surface area contributed by atoms with Gasteiger partial charge in [0, 0.05) is 0 Å². The Morgan fingerprint density at radius 3 is 1.56 bits per heavy atom. The van der Waals surface area contributed by atoms with E-state index in [1.54, 1.807) is 0 Å². The summed E-state index contributed by atoms with van der Waals surface area (Å²) in [7, 11) is 0. The molecule has 0 unspecified atom stereocenters. The van der Waals surface area contributed by atoms with E-state index in [4.69, 9.17) is 0 Å². The summed E-state index contributed by atoms with van der Waals surface area (Å²) in [6.45, 7) is 1.47. The molecule has 0 aliphatic heterocycles. The first kappa shape index (κ1) is 12.8. The monoisotopic (exact) mass is 243 g/mol. The first-order valence-electron chi connectivity index (χ1n) is 4.30. The van der Waals surface area contributed by atoms with E-state index in [2.05, 4.69) is 4.98 Å². The molecule has 0 aliphatic rings. The molecule has 0 saturated carbocycles. The van der Waals surface area contributed by atoms with Crippen LogP contribution in [0.25, 0.3) is 0 Å². The summed E-state index contributed by atoms with van der Waals surface area (Å²) in [5, 5.41) is 0. The highest BCUT2D eigenvalue weighted by Gasteiger charge is 2.38. The lowest BCUT2D eigenvalue weighted by Gasteiger charge is -2.12. The van der Waals surface area contributed by atoms with Gasteiger partial charge in [0.2, 0.25) is 0 Å². The molecule has 0 spiro atoms. The SMILES string of the molecule is CCc1cc(C(F)(F)F)nc(C(F)(F)F)c1. The fraction of sp³-hybridized carbons (Fsp3) is 0.444. The Morgan fingerprint density at radius 2 is 1.31 bits per heavy atom. The Bertz CT molecular complexity index is 346. The van der Waals surface area contributed by atoms with Gasteiger partial charge in [-0.15, -0.1) is 0 Å². The van der Waals surface area contributed by atoms with Crippen molar-refractivity contribution in [2.75, 3.05) is 0 Å². The smallest absolute Gasteiger partial charge is 0.239 e. The Kier molecular flexibility index (Phi) is 3.16. The van der Waals surface area contributed by atoms with E-state index in [9.17, 15) is 26.3 Å². The predicted molar refractivity (Wildman–Crippen MR) is 43.6 cm³/mol. The minimum atomic E-state index is -4.87. The van der Waals surface area contributed by atoms with Crippen LogP contribution >= 0.6 is 0 Å².